The van der Waals surface area contributed by atoms with Crippen LogP contribution < -0.4 is 0 Å². The summed E-state index contributed by atoms with van der Waals surface area (Å²) in [5, 5.41) is 13.1. The fourth-order valence-corrected chi connectivity index (χ4v) is 8.50. The Balaban J connectivity index is 0.000000137. The van der Waals surface area contributed by atoms with E-state index >= 15 is 0 Å². The Hall–Kier alpha value is -6.63. The predicted octanol–water partition coefficient (Wildman–Crippen LogP) is 8.14. The van der Waals surface area contributed by atoms with Crippen LogP contribution in [0, 0.1) is 27.7 Å². The highest BCUT2D eigenvalue weighted by Gasteiger charge is 2.46. The van der Waals surface area contributed by atoms with Gasteiger partial charge in [-0.3, -0.25) is 15.0 Å². The molecule has 13 nitrogen and oxygen atoms in total. The van der Waals surface area contributed by atoms with Gasteiger partial charge in [-0.2, -0.15) is 10.2 Å². The van der Waals surface area contributed by atoms with Gasteiger partial charge >= 0.3 is 0 Å². The smallest absolute Gasteiger partial charge is 0.177 e. The highest BCUT2D eigenvalue weighted by Crippen LogP contribution is 2.55. The lowest BCUT2D eigenvalue weighted by Crippen LogP contribution is -1.98. The molecule has 0 unspecified atom stereocenters. The summed E-state index contributed by atoms with van der Waals surface area (Å²) in [6.45, 7) is 7.97. The van der Waals surface area contributed by atoms with Crippen LogP contribution in [0.1, 0.15) is 90.0 Å². The van der Waals surface area contributed by atoms with Gasteiger partial charge in [-0.1, -0.05) is 37.8 Å². The van der Waals surface area contributed by atoms with E-state index in [0.717, 1.165) is 97.7 Å². The number of rotatable bonds is 4. The summed E-state index contributed by atoms with van der Waals surface area (Å²) >= 11 is 0. The average molecular weight is 754 g/mol. The molecule has 7 aromatic heterocycles. The molecule has 2 fully saturated rings. The molecule has 57 heavy (non-hydrogen) atoms. The van der Waals surface area contributed by atoms with Gasteiger partial charge in [0.1, 0.15) is 11.6 Å². The molecule has 0 aliphatic heterocycles. The van der Waals surface area contributed by atoms with Gasteiger partial charge in [0.15, 0.2) is 22.9 Å². The molecule has 4 atom stereocenters. The van der Waals surface area contributed by atoms with E-state index in [0.29, 0.717) is 23.7 Å². The topological polar surface area (TPSA) is 135 Å². The van der Waals surface area contributed by atoms with Gasteiger partial charge in [0.05, 0.1) is 50.4 Å². The van der Waals surface area contributed by atoms with E-state index in [4.69, 9.17) is 30.1 Å². The van der Waals surface area contributed by atoms with Crippen LogP contribution in [0.5, 0.6) is 0 Å². The molecule has 0 amide bonds. The third kappa shape index (κ3) is 5.39. The molecule has 13 heteroatoms. The molecule has 2 aliphatic carbocycles. The fraction of sp³-hybridized carbons (Fsp3) is 0.295. The summed E-state index contributed by atoms with van der Waals surface area (Å²) in [5.41, 5.74) is 10.9. The van der Waals surface area contributed by atoms with E-state index in [1.807, 2.05) is 61.4 Å². The number of pyridine rings is 1. The molecule has 10 aromatic rings. The lowest BCUT2D eigenvalue weighted by Gasteiger charge is -2.01. The van der Waals surface area contributed by atoms with Gasteiger partial charge in [0.2, 0.25) is 0 Å². The van der Waals surface area contributed by atoms with Gasteiger partial charge in [0.25, 0.3) is 0 Å². The molecule has 2 saturated carbocycles. The summed E-state index contributed by atoms with van der Waals surface area (Å²) in [7, 11) is 4.21. The monoisotopic (exact) mass is 753 g/mol. The molecular formula is C44H43N13. The molecule has 0 saturated heterocycles. The van der Waals surface area contributed by atoms with E-state index in [2.05, 4.69) is 92.8 Å². The summed E-state index contributed by atoms with van der Waals surface area (Å²) in [6, 6.07) is 21.0. The van der Waals surface area contributed by atoms with Gasteiger partial charge in [-0.25, -0.2) is 29.0 Å². The Morgan fingerprint density at radius 2 is 1.07 bits per heavy atom. The van der Waals surface area contributed by atoms with Crippen molar-refractivity contribution in [3.05, 3.63) is 125 Å². The molecule has 0 spiro atoms. The number of imidazole rings is 2. The quantitative estimate of drug-likeness (QED) is 0.175. The Kier molecular flexibility index (Phi) is 7.76. The van der Waals surface area contributed by atoms with Crippen molar-refractivity contribution in [3.8, 4) is 0 Å². The molecule has 2 aliphatic rings. The lowest BCUT2D eigenvalue weighted by molar-refractivity contribution is 0.780. The first kappa shape index (κ1) is 34.8. The van der Waals surface area contributed by atoms with Crippen LogP contribution >= 0.6 is 0 Å². The minimum absolute atomic E-state index is 0. The van der Waals surface area contributed by atoms with Crippen molar-refractivity contribution in [2.24, 2.45) is 14.1 Å². The summed E-state index contributed by atoms with van der Waals surface area (Å²) in [4.78, 5) is 32.9. The minimum atomic E-state index is 0. The summed E-state index contributed by atoms with van der Waals surface area (Å²) in [6.07, 6.45) is 7.58. The maximum Gasteiger partial charge on any atom is 0.177 e. The zero-order valence-electron chi connectivity index (χ0n) is 32.0. The zero-order chi connectivity index (χ0) is 38.0. The SMILES string of the molecule is C.Cc1ncc(C)n2nc([C@@H]3C[C@H]3c3nc4c5ccccc5ccc4n3C)nc12.Cc1ncc(C)n2nc([C@H]3C[C@@H]3c3nc4c5cccnc5ccc4n3C)nc12. The van der Waals surface area contributed by atoms with Gasteiger partial charge in [-0.05, 0) is 76.3 Å². The molecule has 0 N–H and O–H groups in total. The summed E-state index contributed by atoms with van der Waals surface area (Å²) in [5.74, 6) is 5.35. The second-order valence-electron chi connectivity index (χ2n) is 15.5. The van der Waals surface area contributed by atoms with Crippen molar-refractivity contribution < 1.29 is 0 Å². The van der Waals surface area contributed by atoms with Gasteiger partial charge in [-0.15, -0.1) is 0 Å². The molecular weight excluding hydrogens is 711 g/mol. The number of nitrogens with zero attached hydrogens (tertiary/aromatic N) is 13. The highest BCUT2D eigenvalue weighted by molar-refractivity contribution is 6.04. The van der Waals surface area contributed by atoms with E-state index in [1.165, 1.54) is 16.3 Å². The Labute approximate surface area is 328 Å². The fourth-order valence-electron chi connectivity index (χ4n) is 8.50. The van der Waals surface area contributed by atoms with Crippen LogP contribution in [0.3, 0.4) is 0 Å². The second-order valence-corrected chi connectivity index (χ2v) is 15.5. The van der Waals surface area contributed by atoms with Crippen molar-refractivity contribution in [3.63, 3.8) is 0 Å². The minimum Gasteiger partial charge on any atom is -0.331 e. The van der Waals surface area contributed by atoms with E-state index in [-0.39, 0.29) is 7.43 Å². The normalized spacial score (nSPS) is 18.8. The molecule has 12 rings (SSSR count). The van der Waals surface area contributed by atoms with Crippen LogP contribution in [0.4, 0.5) is 0 Å². The Bertz CT molecular complexity index is 2930. The third-order valence-electron chi connectivity index (χ3n) is 11.8. The number of aryl methyl sites for hydroxylation is 6. The highest BCUT2D eigenvalue weighted by atomic mass is 15.3. The van der Waals surface area contributed by atoms with Crippen LogP contribution in [-0.4, -0.2) is 63.3 Å². The Morgan fingerprint density at radius 1 is 0.544 bits per heavy atom. The molecule has 0 radical (unpaired) electrons. The first-order valence-electron chi connectivity index (χ1n) is 19.2. The number of fused-ring (bicyclic) bond motifs is 8. The Morgan fingerprint density at radius 3 is 1.65 bits per heavy atom. The number of hydrogen-bond acceptors (Lipinski definition) is 9. The first-order valence-corrected chi connectivity index (χ1v) is 19.2. The van der Waals surface area contributed by atoms with Crippen molar-refractivity contribution in [1.29, 1.82) is 0 Å². The lowest BCUT2D eigenvalue weighted by atomic mass is 10.1. The molecule has 7 heterocycles. The van der Waals surface area contributed by atoms with Crippen molar-refractivity contribution in [2.75, 3.05) is 0 Å². The second kappa shape index (κ2) is 12.7. The van der Waals surface area contributed by atoms with E-state index in [9.17, 15) is 0 Å². The van der Waals surface area contributed by atoms with Crippen LogP contribution in [0.15, 0.2) is 79.3 Å². The molecule has 3 aromatic carbocycles. The summed E-state index contributed by atoms with van der Waals surface area (Å²) < 4.78 is 8.26. The van der Waals surface area contributed by atoms with Crippen molar-refractivity contribution >= 4 is 55.0 Å². The van der Waals surface area contributed by atoms with Crippen LogP contribution in [0.2, 0.25) is 0 Å². The third-order valence-corrected chi connectivity index (χ3v) is 11.8. The molecule has 0 bridgehead atoms. The van der Waals surface area contributed by atoms with Crippen LogP contribution in [-0.2, 0) is 14.1 Å². The molecule has 284 valence electrons. The number of benzene rings is 3. The predicted molar refractivity (Wildman–Crippen MR) is 222 cm³/mol. The maximum atomic E-state index is 5.06. The standard InChI is InChI=1S/C22H20N6.C21H19N7.CH4/c1-12-11-23-13(2)21-25-20(26-28(12)21)16-10-17(16)22-24-19-15-7-5-4-6-14(15)8-9-18(19)27(22)3;1-11-10-23-12(2)20-25-19(26-28(11)20)14-9-15(14)21-24-18-13-5-4-8-22-16(13)6-7-17(18)27(21)3;/h4-9,11,16-17H,10H2,1-3H3;4-8,10,14-15H,9H2,1-3H3;1H4/t16-,17-;14-,15-;/m10./s1. The van der Waals surface area contributed by atoms with E-state index in [1.54, 1.807) is 0 Å². The number of hydrogen-bond donors (Lipinski definition) is 0. The van der Waals surface area contributed by atoms with Crippen LogP contribution in [0.25, 0.3) is 55.0 Å². The zero-order valence-corrected chi connectivity index (χ0v) is 32.0. The van der Waals surface area contributed by atoms with E-state index < -0.39 is 0 Å². The maximum absolute atomic E-state index is 5.06. The van der Waals surface area contributed by atoms with Crippen molar-refractivity contribution in [2.45, 2.75) is 71.6 Å². The van der Waals surface area contributed by atoms with Gasteiger partial charge < -0.3 is 9.13 Å². The number of aromatic nitrogens is 13. The van der Waals surface area contributed by atoms with Gasteiger partial charge in [0, 0.05) is 67.1 Å². The average Bonchev–Trinajstić information content (AvgIpc) is 3.96. The first-order chi connectivity index (χ1) is 27.2. The van der Waals surface area contributed by atoms with Crippen molar-refractivity contribution in [1.82, 2.24) is 63.3 Å². The largest absolute Gasteiger partial charge is 0.331 e.